The molecule has 0 saturated carbocycles. The molecule has 0 aliphatic carbocycles. The number of para-hydroxylation sites is 1. The van der Waals surface area contributed by atoms with Crippen molar-refractivity contribution in [2.45, 2.75) is 109 Å². The van der Waals surface area contributed by atoms with Gasteiger partial charge in [0, 0.05) is 0 Å². The number of halogens is 1. The van der Waals surface area contributed by atoms with Gasteiger partial charge in [0.1, 0.15) is 0 Å². The second kappa shape index (κ2) is 8.75. The Kier molecular flexibility index (Phi) is 7.50. The Labute approximate surface area is 187 Å². The molecule has 0 bridgehead atoms. The summed E-state index contributed by atoms with van der Waals surface area (Å²) in [5.41, 5.74) is -1.18. The Morgan fingerprint density at radius 1 is 0.867 bits per heavy atom. The molecule has 0 amide bonds. The summed E-state index contributed by atoms with van der Waals surface area (Å²) in [6, 6.07) is 4.72. The number of hydrogen-bond donors (Lipinski definition) is 0. The van der Waals surface area contributed by atoms with Gasteiger partial charge in [-0.1, -0.05) is 0 Å². The zero-order valence-corrected chi connectivity index (χ0v) is 23.1. The fourth-order valence-corrected chi connectivity index (χ4v) is 14.4. The molecule has 1 aromatic rings. The van der Waals surface area contributed by atoms with Crippen LogP contribution in [0.4, 0.5) is 4.39 Å². The van der Waals surface area contributed by atoms with Gasteiger partial charge in [-0.3, -0.25) is 0 Å². The number of ether oxygens (including phenoxy) is 2. The van der Waals surface area contributed by atoms with Crippen LogP contribution in [0, 0.1) is 5.82 Å². The summed E-state index contributed by atoms with van der Waals surface area (Å²) in [5, 5.41) is 0. The summed E-state index contributed by atoms with van der Waals surface area (Å²) in [7, 11) is 0. The SMILES string of the molecule is CC(C)(C)[O][Sn]([CH2]CCC1(C)Oc2cccc(F)c2O1)([O]C(C)(C)C)[O]C(C)(C)C. The molecular formula is C23H39FO5Sn. The number of fused-ring (bicyclic) bond motifs is 1. The van der Waals surface area contributed by atoms with Crippen molar-refractivity contribution in [3.8, 4) is 11.5 Å². The Bertz CT molecular complexity index is 692. The van der Waals surface area contributed by atoms with Gasteiger partial charge in [-0.25, -0.2) is 0 Å². The molecule has 0 radical (unpaired) electrons. The summed E-state index contributed by atoms with van der Waals surface area (Å²) < 4.78 is 46.2. The van der Waals surface area contributed by atoms with E-state index in [0.29, 0.717) is 23.0 Å². The quantitative estimate of drug-likeness (QED) is 0.376. The van der Waals surface area contributed by atoms with Crippen LogP contribution in [0.25, 0.3) is 0 Å². The van der Waals surface area contributed by atoms with Crippen LogP contribution in [0.2, 0.25) is 4.44 Å². The summed E-state index contributed by atoms with van der Waals surface area (Å²) in [4.78, 5) is 0. The van der Waals surface area contributed by atoms with Crippen LogP contribution >= 0.6 is 0 Å². The molecule has 30 heavy (non-hydrogen) atoms. The van der Waals surface area contributed by atoms with Gasteiger partial charge in [-0.2, -0.15) is 0 Å². The number of rotatable bonds is 7. The molecule has 0 saturated heterocycles. The summed E-state index contributed by atoms with van der Waals surface area (Å²) in [6.07, 6.45) is 1.28. The standard InChI is InChI=1S/C11H12FO2.3C4H9O.Sn/c1-3-7-11(2)13-9-6-4-5-8(12)10(9)14-11;3*1-4(2,3)5;/h4-6H,1,3,7H2,2H3;3*1-3H3;/q;3*-1;+3. The molecule has 1 unspecified atom stereocenters. The topological polar surface area (TPSA) is 46.2 Å². The molecule has 7 heteroatoms. The second-order valence-corrected chi connectivity index (χ2v) is 18.2. The average Bonchev–Trinajstić information content (AvgIpc) is 2.79. The van der Waals surface area contributed by atoms with Gasteiger partial charge in [-0.05, 0) is 0 Å². The van der Waals surface area contributed by atoms with Crippen LogP contribution in [0.15, 0.2) is 18.2 Å². The van der Waals surface area contributed by atoms with E-state index in [9.17, 15) is 4.39 Å². The van der Waals surface area contributed by atoms with E-state index in [2.05, 4.69) is 0 Å². The molecular weight excluding hydrogens is 494 g/mol. The first-order chi connectivity index (χ1) is 13.4. The van der Waals surface area contributed by atoms with Crippen LogP contribution < -0.4 is 9.47 Å². The summed E-state index contributed by atoms with van der Waals surface area (Å²) >= 11 is -4.02. The van der Waals surface area contributed by atoms with Gasteiger partial charge >= 0.3 is 187 Å². The normalized spacial score (nSPS) is 20.0. The Morgan fingerprint density at radius 3 is 1.80 bits per heavy atom. The molecule has 0 fully saturated rings. The van der Waals surface area contributed by atoms with Crippen molar-refractivity contribution in [1.29, 1.82) is 0 Å². The van der Waals surface area contributed by atoms with Crippen LogP contribution in [0.1, 0.15) is 82.1 Å². The van der Waals surface area contributed by atoms with Crippen molar-refractivity contribution in [3.05, 3.63) is 24.0 Å². The van der Waals surface area contributed by atoms with E-state index < -0.39 is 48.0 Å². The zero-order valence-electron chi connectivity index (χ0n) is 20.3. The predicted molar refractivity (Wildman–Crippen MR) is 118 cm³/mol. The molecule has 172 valence electrons. The van der Waals surface area contributed by atoms with Gasteiger partial charge < -0.3 is 0 Å². The Morgan fingerprint density at radius 2 is 1.37 bits per heavy atom. The third-order valence-electron chi connectivity index (χ3n) is 4.07. The molecule has 2 rings (SSSR count). The first kappa shape index (κ1) is 25.7. The minimum atomic E-state index is -4.02. The van der Waals surface area contributed by atoms with E-state index in [0.717, 1.165) is 0 Å². The molecule has 1 aliphatic rings. The molecule has 1 atom stereocenters. The van der Waals surface area contributed by atoms with E-state index in [1.54, 1.807) is 12.1 Å². The summed E-state index contributed by atoms with van der Waals surface area (Å²) in [5.74, 6) is -0.714. The third-order valence-corrected chi connectivity index (χ3v) is 14.7. The van der Waals surface area contributed by atoms with Gasteiger partial charge in [-0.15, -0.1) is 0 Å². The number of benzene rings is 1. The van der Waals surface area contributed by atoms with Crippen molar-refractivity contribution in [3.63, 3.8) is 0 Å². The predicted octanol–water partition coefficient (Wildman–Crippen LogP) is 6.48. The van der Waals surface area contributed by atoms with Gasteiger partial charge in [0.25, 0.3) is 0 Å². The molecule has 0 N–H and O–H groups in total. The van der Waals surface area contributed by atoms with E-state index >= 15 is 0 Å². The first-order valence-electron chi connectivity index (χ1n) is 10.7. The zero-order chi connectivity index (χ0) is 23.0. The van der Waals surface area contributed by atoms with E-state index in [-0.39, 0.29) is 5.75 Å². The van der Waals surface area contributed by atoms with Gasteiger partial charge in [0.2, 0.25) is 0 Å². The molecule has 1 aromatic carbocycles. The number of hydrogen-bond acceptors (Lipinski definition) is 5. The van der Waals surface area contributed by atoms with Crippen molar-refractivity contribution < 1.29 is 23.1 Å². The molecule has 1 heterocycles. The van der Waals surface area contributed by atoms with Crippen LogP contribution in [0.3, 0.4) is 0 Å². The van der Waals surface area contributed by atoms with Crippen molar-refractivity contribution in [2.24, 2.45) is 0 Å². The van der Waals surface area contributed by atoms with Crippen molar-refractivity contribution in [1.82, 2.24) is 0 Å². The molecule has 0 spiro atoms. The van der Waals surface area contributed by atoms with E-state index in [4.69, 9.17) is 18.7 Å². The van der Waals surface area contributed by atoms with Crippen LogP contribution in [-0.4, -0.2) is 42.2 Å². The van der Waals surface area contributed by atoms with Crippen molar-refractivity contribution >= 4 is 19.6 Å². The second-order valence-electron chi connectivity index (χ2n) is 11.1. The Hall–Kier alpha value is -0.571. The third kappa shape index (κ3) is 7.84. The summed E-state index contributed by atoms with van der Waals surface area (Å²) in [6.45, 7) is 20.1. The fourth-order valence-electron chi connectivity index (χ4n) is 3.48. The van der Waals surface area contributed by atoms with E-state index in [1.807, 2.05) is 69.2 Å². The maximum absolute atomic E-state index is 14.0. The van der Waals surface area contributed by atoms with E-state index in [1.165, 1.54) is 6.07 Å². The van der Waals surface area contributed by atoms with Crippen LogP contribution in [0.5, 0.6) is 11.5 Å². The molecule has 0 aromatic heterocycles. The van der Waals surface area contributed by atoms with Crippen LogP contribution in [-0.2, 0) is 9.22 Å². The van der Waals surface area contributed by atoms with Gasteiger partial charge in [0.05, 0.1) is 0 Å². The Balaban J connectivity index is 2.18. The average molecular weight is 533 g/mol. The maximum atomic E-state index is 14.0. The fraction of sp³-hybridized carbons (Fsp3) is 0.739. The molecule has 5 nitrogen and oxygen atoms in total. The molecule has 1 aliphatic heterocycles. The van der Waals surface area contributed by atoms with Gasteiger partial charge in [0.15, 0.2) is 0 Å². The monoisotopic (exact) mass is 534 g/mol. The van der Waals surface area contributed by atoms with Crippen molar-refractivity contribution in [2.75, 3.05) is 0 Å². The first-order valence-corrected chi connectivity index (χ1v) is 16.2. The minimum absolute atomic E-state index is 0.178.